The second-order valence-electron chi connectivity index (χ2n) is 5.91. The molecule has 0 N–H and O–H groups in total. The highest BCUT2D eigenvalue weighted by molar-refractivity contribution is 4.78. The molecule has 0 saturated heterocycles. The molecule has 0 heteroatoms. The molecule has 0 unspecified atom stereocenters. The van der Waals surface area contributed by atoms with Gasteiger partial charge >= 0.3 is 0 Å². The first-order valence-corrected chi connectivity index (χ1v) is 6.02. The zero-order valence-electron chi connectivity index (χ0n) is 9.90. The minimum Gasteiger partial charge on any atom is -0.0776 e. The Morgan fingerprint density at radius 3 is 1.71 bits per heavy atom. The summed E-state index contributed by atoms with van der Waals surface area (Å²) < 4.78 is 0. The normalized spacial score (nSPS) is 22.3. The van der Waals surface area contributed by atoms with Crippen molar-refractivity contribution in [1.82, 2.24) is 0 Å². The van der Waals surface area contributed by atoms with E-state index in [0.717, 1.165) is 11.8 Å². The molecule has 0 aromatic carbocycles. The standard InChI is InChI=1S/C13H26.CH4/c1-11(13(2,3)4)12-9-7-5-6-8-10-12;/h11-12H,5-10H2,1-4H3;1H4/t11-;/m0./s1. The van der Waals surface area contributed by atoms with Crippen molar-refractivity contribution in [3.63, 3.8) is 0 Å². The van der Waals surface area contributed by atoms with E-state index in [4.69, 9.17) is 0 Å². The summed E-state index contributed by atoms with van der Waals surface area (Å²) in [6.45, 7) is 9.63. The molecule has 0 aromatic rings. The molecule has 0 bridgehead atoms. The molecule has 0 spiro atoms. The maximum absolute atomic E-state index is 2.45. The zero-order valence-corrected chi connectivity index (χ0v) is 9.90. The first kappa shape index (κ1) is 14.0. The predicted molar refractivity (Wildman–Crippen MR) is 66.5 cm³/mol. The van der Waals surface area contributed by atoms with Gasteiger partial charge in [-0.2, -0.15) is 0 Å². The molecular weight excluding hydrogens is 168 g/mol. The van der Waals surface area contributed by atoms with Gasteiger partial charge in [-0.25, -0.2) is 0 Å². The van der Waals surface area contributed by atoms with Crippen molar-refractivity contribution < 1.29 is 0 Å². The first-order valence-electron chi connectivity index (χ1n) is 6.02. The molecule has 1 rings (SSSR count). The minimum absolute atomic E-state index is 0. The van der Waals surface area contributed by atoms with Gasteiger partial charge in [0.15, 0.2) is 0 Å². The average Bonchev–Trinajstić information content (AvgIpc) is 2.28. The van der Waals surface area contributed by atoms with Crippen LogP contribution in [0.2, 0.25) is 0 Å². The molecule has 14 heavy (non-hydrogen) atoms. The molecule has 0 amide bonds. The summed E-state index contributed by atoms with van der Waals surface area (Å²) in [5.74, 6) is 1.90. The molecule has 1 saturated carbocycles. The second-order valence-corrected chi connectivity index (χ2v) is 5.91. The Morgan fingerprint density at radius 1 is 0.929 bits per heavy atom. The smallest absolute Gasteiger partial charge is 0.0354 e. The largest absolute Gasteiger partial charge is 0.0776 e. The summed E-state index contributed by atoms with van der Waals surface area (Å²) in [7, 11) is 0. The molecule has 0 nitrogen and oxygen atoms in total. The predicted octanol–water partition coefficient (Wildman–Crippen LogP) is 5.28. The monoisotopic (exact) mass is 198 g/mol. The molecule has 1 aliphatic rings. The van der Waals surface area contributed by atoms with Crippen LogP contribution in [0.4, 0.5) is 0 Å². The lowest BCUT2D eigenvalue weighted by Gasteiger charge is -2.34. The van der Waals surface area contributed by atoms with Gasteiger partial charge in [0.25, 0.3) is 0 Å². The van der Waals surface area contributed by atoms with Gasteiger partial charge in [-0.05, 0) is 17.3 Å². The topological polar surface area (TPSA) is 0 Å². The fraction of sp³-hybridized carbons (Fsp3) is 1.00. The quantitative estimate of drug-likeness (QED) is 0.503. The average molecular weight is 198 g/mol. The summed E-state index contributed by atoms with van der Waals surface area (Å²) >= 11 is 0. The lowest BCUT2D eigenvalue weighted by atomic mass is 9.72. The van der Waals surface area contributed by atoms with Crippen LogP contribution in [0.3, 0.4) is 0 Å². The van der Waals surface area contributed by atoms with E-state index in [-0.39, 0.29) is 7.43 Å². The summed E-state index contributed by atoms with van der Waals surface area (Å²) in [5, 5.41) is 0. The Balaban J connectivity index is 0.00000169. The SMILES string of the molecule is C.C[C@@H](C1CCCCCC1)C(C)(C)C. The van der Waals surface area contributed by atoms with Crippen LogP contribution in [0.1, 0.15) is 73.6 Å². The lowest BCUT2D eigenvalue weighted by molar-refractivity contribution is 0.162. The lowest BCUT2D eigenvalue weighted by Crippen LogP contribution is -2.25. The molecule has 0 aliphatic heterocycles. The summed E-state index contributed by atoms with van der Waals surface area (Å²) in [6.07, 6.45) is 8.88. The van der Waals surface area contributed by atoms with E-state index in [9.17, 15) is 0 Å². The number of hydrogen-bond donors (Lipinski definition) is 0. The highest BCUT2D eigenvalue weighted by Gasteiger charge is 2.28. The maximum atomic E-state index is 2.45. The van der Waals surface area contributed by atoms with Gasteiger partial charge in [-0.3, -0.25) is 0 Å². The van der Waals surface area contributed by atoms with Crippen LogP contribution >= 0.6 is 0 Å². The number of hydrogen-bond acceptors (Lipinski definition) is 0. The van der Waals surface area contributed by atoms with E-state index in [1.165, 1.54) is 38.5 Å². The third-order valence-corrected chi connectivity index (χ3v) is 3.97. The molecule has 1 atom stereocenters. The van der Waals surface area contributed by atoms with Crippen molar-refractivity contribution in [2.45, 2.75) is 73.6 Å². The molecule has 0 heterocycles. The van der Waals surface area contributed by atoms with Crippen LogP contribution < -0.4 is 0 Å². The number of rotatable bonds is 1. The molecule has 1 fully saturated rings. The van der Waals surface area contributed by atoms with Crippen molar-refractivity contribution in [2.24, 2.45) is 17.3 Å². The molecule has 0 aromatic heterocycles. The molecule has 1 aliphatic carbocycles. The van der Waals surface area contributed by atoms with Crippen molar-refractivity contribution in [1.29, 1.82) is 0 Å². The van der Waals surface area contributed by atoms with Crippen molar-refractivity contribution in [3.05, 3.63) is 0 Å². The van der Waals surface area contributed by atoms with Gasteiger partial charge in [-0.15, -0.1) is 0 Å². The maximum Gasteiger partial charge on any atom is -0.0354 e. The van der Waals surface area contributed by atoms with E-state index >= 15 is 0 Å². The molecule has 0 radical (unpaired) electrons. The van der Waals surface area contributed by atoms with Gasteiger partial charge in [0.05, 0.1) is 0 Å². The third kappa shape index (κ3) is 4.02. The Kier molecular flexibility index (Phi) is 5.78. The van der Waals surface area contributed by atoms with Crippen LogP contribution in [-0.2, 0) is 0 Å². The van der Waals surface area contributed by atoms with E-state index < -0.39 is 0 Å². The Morgan fingerprint density at radius 2 is 1.36 bits per heavy atom. The van der Waals surface area contributed by atoms with Gasteiger partial charge in [0.2, 0.25) is 0 Å². The van der Waals surface area contributed by atoms with Gasteiger partial charge < -0.3 is 0 Å². The van der Waals surface area contributed by atoms with Crippen molar-refractivity contribution in [3.8, 4) is 0 Å². The highest BCUT2D eigenvalue weighted by atomic mass is 14.3. The van der Waals surface area contributed by atoms with Crippen LogP contribution in [0.25, 0.3) is 0 Å². The zero-order chi connectivity index (χ0) is 9.90. The fourth-order valence-electron chi connectivity index (χ4n) is 2.52. The molecule has 86 valence electrons. The van der Waals surface area contributed by atoms with E-state index in [2.05, 4.69) is 27.7 Å². The van der Waals surface area contributed by atoms with Crippen LogP contribution in [0.5, 0.6) is 0 Å². The van der Waals surface area contributed by atoms with Gasteiger partial charge in [0.1, 0.15) is 0 Å². The third-order valence-electron chi connectivity index (χ3n) is 3.97. The van der Waals surface area contributed by atoms with E-state index in [1.54, 1.807) is 0 Å². The Bertz CT molecular complexity index is 133. The van der Waals surface area contributed by atoms with Crippen molar-refractivity contribution >= 4 is 0 Å². The highest BCUT2D eigenvalue weighted by Crippen LogP contribution is 2.38. The van der Waals surface area contributed by atoms with Crippen LogP contribution in [0.15, 0.2) is 0 Å². The van der Waals surface area contributed by atoms with Crippen LogP contribution in [0, 0.1) is 17.3 Å². The first-order chi connectivity index (χ1) is 6.02. The van der Waals surface area contributed by atoms with E-state index in [0.29, 0.717) is 5.41 Å². The van der Waals surface area contributed by atoms with E-state index in [1.807, 2.05) is 0 Å². The summed E-state index contributed by atoms with van der Waals surface area (Å²) in [5.41, 5.74) is 0.509. The summed E-state index contributed by atoms with van der Waals surface area (Å²) in [4.78, 5) is 0. The Hall–Kier alpha value is 0. The summed E-state index contributed by atoms with van der Waals surface area (Å²) in [6, 6.07) is 0. The van der Waals surface area contributed by atoms with Crippen LogP contribution in [-0.4, -0.2) is 0 Å². The van der Waals surface area contributed by atoms with Gasteiger partial charge in [-0.1, -0.05) is 73.6 Å². The van der Waals surface area contributed by atoms with Crippen molar-refractivity contribution in [2.75, 3.05) is 0 Å². The minimum atomic E-state index is 0. The Labute approximate surface area is 91.5 Å². The molecular formula is C14H30. The fourth-order valence-corrected chi connectivity index (χ4v) is 2.52. The second kappa shape index (κ2) is 5.78. The van der Waals surface area contributed by atoms with Gasteiger partial charge in [0, 0.05) is 0 Å².